The van der Waals surface area contributed by atoms with Crippen molar-refractivity contribution in [2.75, 3.05) is 6.61 Å². The van der Waals surface area contributed by atoms with Crippen LogP contribution in [0.5, 0.6) is 0 Å². The molecule has 1 aromatic heterocycles. The number of nitrogens with zero attached hydrogens (tertiary/aromatic N) is 1. The quantitative estimate of drug-likeness (QED) is 0.868. The smallest absolute Gasteiger partial charge is 0.0900 e. The van der Waals surface area contributed by atoms with Gasteiger partial charge in [-0.3, -0.25) is 0 Å². The molecule has 0 saturated heterocycles. The summed E-state index contributed by atoms with van der Waals surface area (Å²) in [5.41, 5.74) is 1.14. The molecule has 1 aliphatic carbocycles. The molecule has 0 bridgehead atoms. The average Bonchev–Trinajstić information content (AvgIpc) is 2.84. The number of hydrogen-bond acceptors (Lipinski definition) is 4. The van der Waals surface area contributed by atoms with Gasteiger partial charge in [0.15, 0.2) is 0 Å². The highest BCUT2D eigenvalue weighted by molar-refractivity contribution is 7.11. The number of rotatable bonds is 4. The maximum atomic E-state index is 9.33. The SMILES string of the molecule is Cc1nc(C)c(C(C)NC2CCCC2CO)s1. The van der Waals surface area contributed by atoms with Crippen molar-refractivity contribution in [3.63, 3.8) is 0 Å². The lowest BCUT2D eigenvalue weighted by atomic mass is 10.0. The number of thiazole rings is 1. The van der Waals surface area contributed by atoms with Crippen LogP contribution in [-0.2, 0) is 0 Å². The summed E-state index contributed by atoms with van der Waals surface area (Å²) in [6.45, 7) is 6.65. The van der Waals surface area contributed by atoms with E-state index in [2.05, 4.69) is 31.1 Å². The van der Waals surface area contributed by atoms with E-state index in [0.29, 0.717) is 24.6 Å². The van der Waals surface area contributed by atoms with Crippen molar-refractivity contribution in [2.45, 2.75) is 52.1 Å². The summed E-state index contributed by atoms with van der Waals surface area (Å²) < 4.78 is 0. The minimum atomic E-state index is 0.311. The summed E-state index contributed by atoms with van der Waals surface area (Å²) in [5, 5.41) is 14.1. The molecule has 1 fully saturated rings. The lowest BCUT2D eigenvalue weighted by molar-refractivity contribution is 0.201. The zero-order valence-electron chi connectivity index (χ0n) is 10.9. The standard InChI is InChI=1S/C13H22N2OS/c1-8-13(17-10(3)14-8)9(2)15-12-6-4-5-11(12)7-16/h9,11-12,15-16H,4-7H2,1-3H3. The van der Waals surface area contributed by atoms with E-state index >= 15 is 0 Å². The van der Waals surface area contributed by atoms with Gasteiger partial charge in [-0.1, -0.05) is 6.42 Å². The summed E-state index contributed by atoms with van der Waals surface area (Å²) in [5.74, 6) is 0.437. The molecule has 2 rings (SSSR count). The third-order valence-corrected chi connectivity index (χ3v) is 4.95. The number of aliphatic hydroxyl groups excluding tert-OH is 1. The van der Waals surface area contributed by atoms with Crippen molar-refractivity contribution in [2.24, 2.45) is 5.92 Å². The van der Waals surface area contributed by atoms with Crippen molar-refractivity contribution < 1.29 is 5.11 Å². The lowest BCUT2D eigenvalue weighted by Crippen LogP contribution is -2.35. The molecule has 0 amide bonds. The molecule has 0 radical (unpaired) electrons. The van der Waals surface area contributed by atoms with Crippen LogP contribution in [0.15, 0.2) is 0 Å². The van der Waals surface area contributed by atoms with Gasteiger partial charge in [0.05, 0.1) is 10.7 Å². The number of hydrogen-bond donors (Lipinski definition) is 2. The van der Waals surface area contributed by atoms with Crippen LogP contribution >= 0.6 is 11.3 Å². The van der Waals surface area contributed by atoms with E-state index in [1.165, 1.54) is 17.7 Å². The molecule has 3 nitrogen and oxygen atoms in total. The second kappa shape index (κ2) is 5.46. The van der Waals surface area contributed by atoms with E-state index in [-0.39, 0.29) is 0 Å². The first-order valence-electron chi connectivity index (χ1n) is 6.42. The van der Waals surface area contributed by atoms with Gasteiger partial charge in [0.25, 0.3) is 0 Å². The van der Waals surface area contributed by atoms with E-state index < -0.39 is 0 Å². The predicted molar refractivity (Wildman–Crippen MR) is 71.4 cm³/mol. The summed E-state index contributed by atoms with van der Waals surface area (Å²) >= 11 is 1.78. The van der Waals surface area contributed by atoms with E-state index in [1.54, 1.807) is 11.3 Å². The van der Waals surface area contributed by atoms with Gasteiger partial charge in [-0.2, -0.15) is 0 Å². The topological polar surface area (TPSA) is 45.2 Å². The maximum Gasteiger partial charge on any atom is 0.0900 e. The molecule has 3 unspecified atom stereocenters. The van der Waals surface area contributed by atoms with Crippen molar-refractivity contribution >= 4 is 11.3 Å². The summed E-state index contributed by atoms with van der Waals surface area (Å²) in [4.78, 5) is 5.81. The summed E-state index contributed by atoms with van der Waals surface area (Å²) in [6, 6.07) is 0.815. The Morgan fingerprint density at radius 2 is 2.24 bits per heavy atom. The molecule has 1 saturated carbocycles. The van der Waals surface area contributed by atoms with E-state index in [0.717, 1.165) is 17.1 Å². The number of nitrogens with one attached hydrogen (secondary N) is 1. The Bertz CT molecular complexity index is 377. The number of aryl methyl sites for hydroxylation is 2. The van der Waals surface area contributed by atoms with Crippen LogP contribution in [0.2, 0.25) is 0 Å². The molecule has 1 aromatic rings. The Labute approximate surface area is 107 Å². The minimum absolute atomic E-state index is 0.311. The van der Waals surface area contributed by atoms with Crippen LogP contribution in [0.4, 0.5) is 0 Å². The first-order valence-corrected chi connectivity index (χ1v) is 7.24. The molecule has 1 aliphatic rings. The lowest BCUT2D eigenvalue weighted by Gasteiger charge is -2.23. The molecule has 4 heteroatoms. The van der Waals surface area contributed by atoms with E-state index in [9.17, 15) is 5.11 Å². The molecule has 0 spiro atoms. The largest absolute Gasteiger partial charge is 0.396 e. The molecule has 96 valence electrons. The Hall–Kier alpha value is -0.450. The van der Waals surface area contributed by atoms with Gasteiger partial charge in [-0.15, -0.1) is 11.3 Å². The van der Waals surface area contributed by atoms with Crippen LogP contribution in [0.3, 0.4) is 0 Å². The second-order valence-electron chi connectivity index (χ2n) is 5.05. The minimum Gasteiger partial charge on any atom is -0.396 e. The van der Waals surface area contributed by atoms with Crippen LogP contribution in [0, 0.1) is 19.8 Å². The molecule has 17 heavy (non-hydrogen) atoms. The van der Waals surface area contributed by atoms with Crippen LogP contribution in [-0.4, -0.2) is 22.7 Å². The fraction of sp³-hybridized carbons (Fsp3) is 0.769. The second-order valence-corrected chi connectivity index (χ2v) is 6.29. The normalized spacial score (nSPS) is 26.4. The van der Waals surface area contributed by atoms with Gasteiger partial charge < -0.3 is 10.4 Å². The van der Waals surface area contributed by atoms with Crippen LogP contribution in [0.1, 0.15) is 47.8 Å². The Kier molecular flexibility index (Phi) is 4.17. The predicted octanol–water partition coefficient (Wildman–Crippen LogP) is 2.57. The molecule has 0 aromatic carbocycles. The van der Waals surface area contributed by atoms with Gasteiger partial charge in [0.2, 0.25) is 0 Å². The monoisotopic (exact) mass is 254 g/mol. The molecule has 1 heterocycles. The third-order valence-electron chi connectivity index (χ3n) is 3.69. The van der Waals surface area contributed by atoms with Crippen molar-refractivity contribution in [1.29, 1.82) is 0 Å². The van der Waals surface area contributed by atoms with Gasteiger partial charge in [-0.05, 0) is 39.5 Å². The number of aromatic nitrogens is 1. The third kappa shape index (κ3) is 2.87. The Balaban J connectivity index is 2.01. The fourth-order valence-electron chi connectivity index (χ4n) is 2.82. The average molecular weight is 254 g/mol. The number of aliphatic hydroxyl groups is 1. The summed E-state index contributed by atoms with van der Waals surface area (Å²) in [7, 11) is 0. The van der Waals surface area contributed by atoms with E-state index in [1.807, 2.05) is 0 Å². The van der Waals surface area contributed by atoms with Gasteiger partial charge in [-0.25, -0.2) is 4.98 Å². The molecule has 2 N–H and O–H groups in total. The van der Waals surface area contributed by atoms with Gasteiger partial charge in [0.1, 0.15) is 0 Å². The highest BCUT2D eigenvalue weighted by Gasteiger charge is 2.28. The van der Waals surface area contributed by atoms with Crippen LogP contribution in [0.25, 0.3) is 0 Å². The molecular weight excluding hydrogens is 232 g/mol. The van der Waals surface area contributed by atoms with Crippen molar-refractivity contribution in [1.82, 2.24) is 10.3 Å². The Morgan fingerprint density at radius 3 is 2.82 bits per heavy atom. The Morgan fingerprint density at radius 1 is 1.47 bits per heavy atom. The van der Waals surface area contributed by atoms with Gasteiger partial charge >= 0.3 is 0 Å². The van der Waals surface area contributed by atoms with Crippen molar-refractivity contribution in [3.8, 4) is 0 Å². The first-order chi connectivity index (χ1) is 8.11. The van der Waals surface area contributed by atoms with Crippen LogP contribution < -0.4 is 5.32 Å². The maximum absolute atomic E-state index is 9.33. The molecule has 0 aliphatic heterocycles. The highest BCUT2D eigenvalue weighted by Crippen LogP contribution is 2.30. The highest BCUT2D eigenvalue weighted by atomic mass is 32.1. The van der Waals surface area contributed by atoms with Gasteiger partial charge in [0, 0.05) is 23.6 Å². The zero-order chi connectivity index (χ0) is 12.4. The van der Waals surface area contributed by atoms with E-state index in [4.69, 9.17) is 0 Å². The molecular formula is C13H22N2OS. The molecule has 3 atom stereocenters. The fourth-order valence-corrected chi connectivity index (χ4v) is 3.76. The zero-order valence-corrected chi connectivity index (χ0v) is 11.7. The summed E-state index contributed by atoms with van der Waals surface area (Å²) in [6.07, 6.45) is 3.57. The first kappa shape index (κ1) is 13.0. The van der Waals surface area contributed by atoms with Crippen molar-refractivity contribution in [3.05, 3.63) is 15.6 Å².